The number of allylic oxidation sites excluding steroid dienone is 2. The molecule has 3 aromatic rings. The number of nitroso groups, excluding NO2 is 1. The SMILES string of the molecule is CCC1=C(NC(=O)c2cccc(OC)c2OC2CCC(NC(=O)c3cnn4cc(OCC(C)(C)N=O)ccc34)CC2)C1. The molecule has 0 atom stereocenters. The lowest BCUT2D eigenvalue weighted by molar-refractivity contribution is 0.0880. The van der Waals surface area contributed by atoms with Crippen LogP contribution in [0.2, 0.25) is 0 Å². The van der Waals surface area contributed by atoms with Crippen LogP contribution in [-0.4, -0.2) is 52.8 Å². The van der Waals surface area contributed by atoms with Crippen LogP contribution in [-0.2, 0) is 0 Å². The summed E-state index contributed by atoms with van der Waals surface area (Å²) in [5.41, 5.74) is 2.99. The number of hydrogen-bond donors (Lipinski definition) is 2. The van der Waals surface area contributed by atoms with Gasteiger partial charge >= 0.3 is 0 Å². The van der Waals surface area contributed by atoms with E-state index in [1.54, 1.807) is 62.0 Å². The van der Waals surface area contributed by atoms with E-state index in [1.165, 1.54) is 11.8 Å². The summed E-state index contributed by atoms with van der Waals surface area (Å²) in [7, 11) is 1.56. The van der Waals surface area contributed by atoms with E-state index >= 15 is 0 Å². The van der Waals surface area contributed by atoms with Crippen molar-refractivity contribution in [2.24, 2.45) is 5.18 Å². The minimum atomic E-state index is -0.842. The Hall–Kier alpha value is -4.41. The van der Waals surface area contributed by atoms with Gasteiger partial charge in [0.05, 0.1) is 42.3 Å². The highest BCUT2D eigenvalue weighted by atomic mass is 16.5. The third-order valence-electron chi connectivity index (χ3n) is 7.69. The number of methoxy groups -OCH3 is 1. The molecule has 2 aromatic heterocycles. The summed E-state index contributed by atoms with van der Waals surface area (Å²) < 4.78 is 19.2. The van der Waals surface area contributed by atoms with Gasteiger partial charge in [-0.05, 0) is 75.8 Å². The van der Waals surface area contributed by atoms with E-state index in [-0.39, 0.29) is 30.6 Å². The molecular weight excluding hydrogens is 538 g/mol. The molecule has 11 nitrogen and oxygen atoms in total. The summed E-state index contributed by atoms with van der Waals surface area (Å²) >= 11 is 0. The van der Waals surface area contributed by atoms with Crippen molar-refractivity contribution in [2.45, 2.75) is 77.0 Å². The van der Waals surface area contributed by atoms with Crippen molar-refractivity contribution in [1.29, 1.82) is 0 Å². The van der Waals surface area contributed by atoms with Crippen molar-refractivity contribution in [2.75, 3.05) is 13.7 Å². The van der Waals surface area contributed by atoms with Crippen LogP contribution in [0.15, 0.2) is 59.2 Å². The molecular formula is C31H37N5O6. The van der Waals surface area contributed by atoms with Crippen LogP contribution in [0, 0.1) is 4.91 Å². The zero-order chi connectivity index (χ0) is 29.9. The Morgan fingerprint density at radius 2 is 1.88 bits per heavy atom. The topological polar surface area (TPSA) is 133 Å². The number of nitrogens with one attached hydrogen (secondary N) is 2. The van der Waals surface area contributed by atoms with E-state index in [2.05, 4.69) is 27.8 Å². The number of nitrogens with zero attached hydrogens (tertiary/aromatic N) is 3. The predicted molar refractivity (Wildman–Crippen MR) is 157 cm³/mol. The number of carbonyl (C=O) groups is 2. The molecule has 2 aliphatic carbocycles. The minimum Gasteiger partial charge on any atom is -0.493 e. The second-order valence-electron chi connectivity index (χ2n) is 11.4. The molecule has 2 N–H and O–H groups in total. The summed E-state index contributed by atoms with van der Waals surface area (Å²) in [5.74, 6) is 1.10. The first-order valence-corrected chi connectivity index (χ1v) is 14.3. The van der Waals surface area contributed by atoms with E-state index in [1.807, 2.05) is 0 Å². The van der Waals surface area contributed by atoms with Crippen LogP contribution in [0.25, 0.3) is 5.52 Å². The molecule has 2 heterocycles. The van der Waals surface area contributed by atoms with Crippen LogP contribution in [0.4, 0.5) is 0 Å². The highest BCUT2D eigenvalue weighted by molar-refractivity contribution is 6.01. The van der Waals surface area contributed by atoms with Gasteiger partial charge < -0.3 is 24.8 Å². The second kappa shape index (κ2) is 12.2. The fourth-order valence-corrected chi connectivity index (χ4v) is 5.09. The molecule has 222 valence electrons. The van der Waals surface area contributed by atoms with E-state index in [9.17, 15) is 14.5 Å². The molecule has 0 aliphatic heterocycles. The average molecular weight is 576 g/mol. The molecule has 1 saturated carbocycles. The van der Waals surface area contributed by atoms with Crippen LogP contribution < -0.4 is 24.8 Å². The second-order valence-corrected chi connectivity index (χ2v) is 11.4. The Balaban J connectivity index is 1.18. The summed E-state index contributed by atoms with van der Waals surface area (Å²) in [6.07, 6.45) is 7.79. The summed E-state index contributed by atoms with van der Waals surface area (Å²) in [6, 6.07) is 8.83. The van der Waals surface area contributed by atoms with Crippen molar-refractivity contribution in [3.63, 3.8) is 0 Å². The lowest BCUT2D eigenvalue weighted by Crippen LogP contribution is -2.39. The average Bonchev–Trinajstić information content (AvgIpc) is 3.61. The number of para-hydroxylation sites is 1. The molecule has 2 amide bonds. The number of hydrogen-bond acceptors (Lipinski definition) is 8. The molecule has 0 radical (unpaired) electrons. The third-order valence-corrected chi connectivity index (χ3v) is 7.69. The first-order chi connectivity index (χ1) is 20.2. The van der Waals surface area contributed by atoms with Gasteiger partial charge in [-0.25, -0.2) is 4.52 Å². The molecule has 2 aliphatic rings. The van der Waals surface area contributed by atoms with Gasteiger partial charge in [-0.15, -0.1) is 0 Å². The van der Waals surface area contributed by atoms with Crippen molar-refractivity contribution < 1.29 is 23.8 Å². The lowest BCUT2D eigenvalue weighted by Gasteiger charge is -2.30. The molecule has 1 aromatic carbocycles. The maximum atomic E-state index is 13.1. The van der Waals surface area contributed by atoms with E-state index in [0.717, 1.165) is 44.2 Å². The molecule has 11 heteroatoms. The van der Waals surface area contributed by atoms with Gasteiger partial charge in [0.25, 0.3) is 11.8 Å². The highest BCUT2D eigenvalue weighted by Crippen LogP contribution is 2.36. The van der Waals surface area contributed by atoms with Gasteiger partial charge in [0.1, 0.15) is 17.9 Å². The first-order valence-electron chi connectivity index (χ1n) is 14.3. The summed E-state index contributed by atoms with van der Waals surface area (Å²) in [4.78, 5) is 37.1. The predicted octanol–water partition coefficient (Wildman–Crippen LogP) is 5.18. The Bertz CT molecular complexity index is 1520. The zero-order valence-corrected chi connectivity index (χ0v) is 24.4. The third kappa shape index (κ3) is 6.56. The van der Waals surface area contributed by atoms with Gasteiger partial charge in [0, 0.05) is 18.2 Å². The minimum absolute atomic E-state index is 0.0114. The maximum Gasteiger partial charge on any atom is 0.259 e. The molecule has 5 rings (SSSR count). The Morgan fingerprint density at radius 1 is 1.10 bits per heavy atom. The van der Waals surface area contributed by atoms with E-state index < -0.39 is 5.54 Å². The number of rotatable bonds is 12. The van der Waals surface area contributed by atoms with Crippen LogP contribution in [0.3, 0.4) is 0 Å². The molecule has 0 spiro atoms. The van der Waals surface area contributed by atoms with Gasteiger partial charge in [0.15, 0.2) is 11.5 Å². The fourth-order valence-electron chi connectivity index (χ4n) is 5.09. The Kier molecular flexibility index (Phi) is 8.46. The molecule has 0 bridgehead atoms. The maximum absolute atomic E-state index is 13.1. The highest BCUT2D eigenvalue weighted by Gasteiger charge is 2.29. The lowest BCUT2D eigenvalue weighted by atomic mass is 9.92. The monoisotopic (exact) mass is 575 g/mol. The number of aromatic nitrogens is 2. The fraction of sp³-hybridized carbons (Fsp3) is 0.452. The number of carbonyl (C=O) groups excluding carboxylic acids is 2. The van der Waals surface area contributed by atoms with Crippen molar-refractivity contribution in [1.82, 2.24) is 20.2 Å². The first kappa shape index (κ1) is 29.1. The van der Waals surface area contributed by atoms with Crippen molar-refractivity contribution in [3.05, 3.63) is 70.0 Å². The van der Waals surface area contributed by atoms with Crippen molar-refractivity contribution >= 4 is 17.3 Å². The van der Waals surface area contributed by atoms with Gasteiger partial charge in [0.2, 0.25) is 0 Å². The summed E-state index contributed by atoms with van der Waals surface area (Å²) in [5, 5.41) is 13.5. The standard InChI is InChI=1S/C31H37N5O6/c1-5-19-15-25(19)34-29(37)23-7-6-8-27(40-4)28(23)42-21-11-9-20(10-12-21)33-30(38)24-16-32-36-17-22(13-14-26(24)36)41-18-31(2,3)35-39/h6-8,13-14,16-17,20-21H,5,9-12,15,18H2,1-4H3,(H,33,38)(H,34,37). The number of fused-ring (bicyclic) bond motifs is 1. The number of benzene rings is 1. The largest absolute Gasteiger partial charge is 0.493 e. The number of amides is 2. The van der Waals surface area contributed by atoms with Crippen LogP contribution in [0.5, 0.6) is 17.2 Å². The molecule has 0 saturated heterocycles. The van der Waals surface area contributed by atoms with Gasteiger partial charge in [-0.2, -0.15) is 10.0 Å². The van der Waals surface area contributed by atoms with E-state index in [0.29, 0.717) is 33.9 Å². The van der Waals surface area contributed by atoms with Crippen LogP contribution >= 0.6 is 0 Å². The smallest absolute Gasteiger partial charge is 0.259 e. The summed E-state index contributed by atoms with van der Waals surface area (Å²) in [6.45, 7) is 5.60. The van der Waals surface area contributed by atoms with Gasteiger partial charge in [-0.3, -0.25) is 9.59 Å². The van der Waals surface area contributed by atoms with Crippen LogP contribution in [0.1, 0.15) is 80.0 Å². The molecule has 42 heavy (non-hydrogen) atoms. The van der Waals surface area contributed by atoms with E-state index in [4.69, 9.17) is 14.2 Å². The zero-order valence-electron chi connectivity index (χ0n) is 24.4. The normalized spacial score (nSPS) is 18.4. The Morgan fingerprint density at radius 3 is 2.57 bits per heavy atom. The Labute approximate surface area is 244 Å². The molecule has 1 fully saturated rings. The van der Waals surface area contributed by atoms with Crippen molar-refractivity contribution in [3.8, 4) is 17.2 Å². The quantitative estimate of drug-likeness (QED) is 0.284. The molecule has 0 unspecified atom stereocenters. The number of ether oxygens (including phenoxy) is 3. The van der Waals surface area contributed by atoms with Gasteiger partial charge in [-0.1, -0.05) is 18.2 Å². The number of pyridine rings is 1.